The van der Waals surface area contributed by atoms with Crippen molar-refractivity contribution in [3.63, 3.8) is 0 Å². The molecule has 6 heteroatoms. The molecule has 1 saturated heterocycles. The van der Waals surface area contributed by atoms with Gasteiger partial charge in [-0.3, -0.25) is 14.7 Å². The van der Waals surface area contributed by atoms with Gasteiger partial charge in [0, 0.05) is 70.0 Å². The summed E-state index contributed by atoms with van der Waals surface area (Å²) in [6, 6.07) is 12.3. The largest absolute Gasteiger partial charge is 0.308 e. The number of aryl methyl sites for hydroxylation is 3. The lowest BCUT2D eigenvalue weighted by molar-refractivity contribution is 0.106. The predicted octanol–water partition coefficient (Wildman–Crippen LogP) is 5.41. The van der Waals surface area contributed by atoms with E-state index in [-0.39, 0.29) is 0 Å². The summed E-state index contributed by atoms with van der Waals surface area (Å²) in [4.78, 5) is 17.5. The Labute approximate surface area is 230 Å². The van der Waals surface area contributed by atoms with Crippen LogP contribution in [0.1, 0.15) is 62.8 Å². The first kappa shape index (κ1) is 28.5. The highest BCUT2D eigenvalue weighted by Gasteiger charge is 2.19. The molecule has 1 aliphatic rings. The van der Waals surface area contributed by atoms with Gasteiger partial charge in [-0.05, 0) is 64.3 Å². The fourth-order valence-electron chi connectivity index (χ4n) is 5.70. The maximum atomic E-state index is 4.89. The van der Waals surface area contributed by atoms with E-state index in [1.807, 2.05) is 0 Å². The summed E-state index contributed by atoms with van der Waals surface area (Å²) in [5, 5.41) is 0. The van der Waals surface area contributed by atoms with Gasteiger partial charge in [-0.2, -0.15) is 0 Å². The van der Waals surface area contributed by atoms with Gasteiger partial charge < -0.3 is 4.57 Å². The van der Waals surface area contributed by atoms with Gasteiger partial charge in [-0.1, -0.05) is 43.3 Å². The van der Waals surface area contributed by atoms with Crippen LogP contribution in [0.25, 0.3) is 17.2 Å². The molecule has 0 radical (unpaired) electrons. The number of imidazole rings is 1. The van der Waals surface area contributed by atoms with Crippen LogP contribution in [0.3, 0.4) is 0 Å². The zero-order valence-electron chi connectivity index (χ0n) is 24.7. The molecular weight excluding hydrogens is 468 g/mol. The second kappa shape index (κ2) is 13.0. The smallest absolute Gasteiger partial charge is 0.160 e. The minimum atomic E-state index is 0.612. The normalized spacial score (nSPS) is 15.7. The van der Waals surface area contributed by atoms with Crippen molar-refractivity contribution < 1.29 is 0 Å². The second-order valence-electron chi connectivity index (χ2n) is 11.4. The highest BCUT2D eigenvalue weighted by atomic mass is 15.3. The number of hydrogen-bond donors (Lipinski definition) is 0. The molecule has 1 aromatic carbocycles. The van der Waals surface area contributed by atoms with Crippen molar-refractivity contribution in [3.8, 4) is 0 Å². The zero-order chi connectivity index (χ0) is 27.2. The minimum Gasteiger partial charge on any atom is -0.308 e. The van der Waals surface area contributed by atoms with Crippen molar-refractivity contribution in [1.82, 2.24) is 29.2 Å². The SMILES string of the molecule is CCc1nc2c(C)cc(C)nc2n1Cc1ccc(C=CCN2CCN(CCN(C(C)C)C(C)C)CC2)cc1. The zero-order valence-corrected chi connectivity index (χ0v) is 24.7. The van der Waals surface area contributed by atoms with Gasteiger partial charge in [0.15, 0.2) is 5.65 Å². The maximum Gasteiger partial charge on any atom is 0.160 e. The van der Waals surface area contributed by atoms with Gasteiger partial charge in [-0.15, -0.1) is 0 Å². The summed E-state index contributed by atoms with van der Waals surface area (Å²) in [5.41, 5.74) is 6.81. The van der Waals surface area contributed by atoms with Crippen molar-refractivity contribution in [1.29, 1.82) is 0 Å². The number of rotatable bonds is 11. The molecule has 1 aliphatic heterocycles. The first-order chi connectivity index (χ1) is 18.2. The average Bonchev–Trinajstić information content (AvgIpc) is 3.23. The van der Waals surface area contributed by atoms with Crippen LogP contribution in [-0.2, 0) is 13.0 Å². The molecule has 4 rings (SSSR count). The lowest BCUT2D eigenvalue weighted by atomic mass is 10.1. The Morgan fingerprint density at radius 3 is 2.21 bits per heavy atom. The van der Waals surface area contributed by atoms with Crippen molar-refractivity contribution in [2.24, 2.45) is 0 Å². The average molecular weight is 517 g/mol. The quantitative estimate of drug-likeness (QED) is 0.341. The van der Waals surface area contributed by atoms with Crippen molar-refractivity contribution in [2.75, 3.05) is 45.8 Å². The van der Waals surface area contributed by atoms with E-state index in [2.05, 4.69) is 110 Å². The summed E-state index contributed by atoms with van der Waals surface area (Å²) in [5.74, 6) is 1.10. The van der Waals surface area contributed by atoms with Crippen LogP contribution >= 0.6 is 0 Å². The summed E-state index contributed by atoms with van der Waals surface area (Å²) in [6.45, 7) is 24.4. The molecule has 0 saturated carbocycles. The molecule has 0 amide bonds. The molecule has 0 bridgehead atoms. The molecular formula is C32H48N6. The third-order valence-corrected chi connectivity index (χ3v) is 7.88. The van der Waals surface area contributed by atoms with E-state index in [0.29, 0.717) is 12.1 Å². The molecule has 0 N–H and O–H groups in total. The van der Waals surface area contributed by atoms with Gasteiger partial charge in [0.05, 0.1) is 6.54 Å². The highest BCUT2D eigenvalue weighted by molar-refractivity contribution is 5.76. The number of nitrogens with zero attached hydrogens (tertiary/aromatic N) is 6. The molecule has 1 fully saturated rings. The van der Waals surface area contributed by atoms with Gasteiger partial charge in [-0.25, -0.2) is 9.97 Å². The van der Waals surface area contributed by atoms with Crippen LogP contribution in [-0.4, -0.2) is 87.1 Å². The van der Waals surface area contributed by atoms with Crippen molar-refractivity contribution in [2.45, 2.75) is 73.5 Å². The first-order valence-corrected chi connectivity index (χ1v) is 14.5. The highest BCUT2D eigenvalue weighted by Crippen LogP contribution is 2.21. The van der Waals surface area contributed by atoms with E-state index < -0.39 is 0 Å². The summed E-state index contributed by atoms with van der Waals surface area (Å²) in [7, 11) is 0. The van der Waals surface area contributed by atoms with Crippen LogP contribution in [0.15, 0.2) is 36.4 Å². The fraction of sp³-hybridized carbons (Fsp3) is 0.562. The molecule has 2 aromatic heterocycles. The van der Waals surface area contributed by atoms with Gasteiger partial charge >= 0.3 is 0 Å². The molecule has 0 atom stereocenters. The minimum absolute atomic E-state index is 0.612. The van der Waals surface area contributed by atoms with Crippen LogP contribution < -0.4 is 0 Å². The monoisotopic (exact) mass is 516 g/mol. The van der Waals surface area contributed by atoms with E-state index in [9.17, 15) is 0 Å². The molecule has 0 unspecified atom stereocenters. The van der Waals surface area contributed by atoms with Crippen LogP contribution in [0, 0.1) is 13.8 Å². The van der Waals surface area contributed by atoms with Crippen molar-refractivity contribution in [3.05, 3.63) is 64.6 Å². The fourth-order valence-corrected chi connectivity index (χ4v) is 5.70. The molecule has 38 heavy (non-hydrogen) atoms. The summed E-state index contributed by atoms with van der Waals surface area (Å²) >= 11 is 0. The predicted molar refractivity (Wildman–Crippen MR) is 161 cm³/mol. The third-order valence-electron chi connectivity index (χ3n) is 7.88. The molecule has 206 valence electrons. The molecule has 3 heterocycles. The van der Waals surface area contributed by atoms with E-state index in [1.165, 1.54) is 36.3 Å². The Morgan fingerprint density at radius 2 is 1.58 bits per heavy atom. The lowest BCUT2D eigenvalue weighted by Crippen LogP contribution is -2.49. The number of benzene rings is 1. The molecule has 0 aliphatic carbocycles. The Kier molecular flexibility index (Phi) is 9.74. The Hall–Kier alpha value is -2.54. The number of aromatic nitrogens is 3. The first-order valence-electron chi connectivity index (χ1n) is 14.5. The maximum absolute atomic E-state index is 4.89. The molecule has 6 nitrogen and oxygen atoms in total. The standard InChI is InChI=1S/C32H48N6/c1-8-30-34-31-26(6)22-27(7)33-32(31)38(30)23-29-13-11-28(12-14-29)10-9-15-35-16-18-36(19-17-35)20-21-37(24(2)3)25(4)5/h9-14,22,24-25H,8,15-21,23H2,1-7H3. The number of piperazine rings is 1. The van der Waals surface area contributed by atoms with Gasteiger partial charge in [0.2, 0.25) is 0 Å². The van der Waals surface area contributed by atoms with E-state index >= 15 is 0 Å². The topological polar surface area (TPSA) is 40.4 Å². The van der Waals surface area contributed by atoms with E-state index in [1.54, 1.807) is 0 Å². The van der Waals surface area contributed by atoms with Crippen LogP contribution in [0.5, 0.6) is 0 Å². The number of hydrogen-bond acceptors (Lipinski definition) is 5. The Bertz CT molecular complexity index is 1190. The van der Waals surface area contributed by atoms with Crippen LogP contribution in [0.4, 0.5) is 0 Å². The molecule has 0 spiro atoms. The lowest BCUT2D eigenvalue weighted by Gasteiger charge is -2.37. The van der Waals surface area contributed by atoms with Crippen molar-refractivity contribution >= 4 is 17.2 Å². The van der Waals surface area contributed by atoms with Crippen LogP contribution in [0.2, 0.25) is 0 Å². The second-order valence-corrected chi connectivity index (χ2v) is 11.4. The summed E-state index contributed by atoms with van der Waals surface area (Å²) < 4.78 is 2.28. The van der Waals surface area contributed by atoms with E-state index in [0.717, 1.165) is 61.8 Å². The molecule has 3 aromatic rings. The summed E-state index contributed by atoms with van der Waals surface area (Å²) in [6.07, 6.45) is 5.48. The van der Waals surface area contributed by atoms with Gasteiger partial charge in [0.25, 0.3) is 0 Å². The third kappa shape index (κ3) is 7.10. The Morgan fingerprint density at radius 1 is 0.921 bits per heavy atom. The van der Waals surface area contributed by atoms with Gasteiger partial charge in [0.1, 0.15) is 11.3 Å². The number of pyridine rings is 1. The van der Waals surface area contributed by atoms with E-state index in [4.69, 9.17) is 9.97 Å². The Balaban J connectivity index is 1.27. The number of fused-ring (bicyclic) bond motifs is 1.